The van der Waals surface area contributed by atoms with E-state index in [9.17, 15) is 18.0 Å². The van der Waals surface area contributed by atoms with E-state index >= 15 is 0 Å². The summed E-state index contributed by atoms with van der Waals surface area (Å²) in [5.41, 5.74) is 4.77. The average molecular weight is 290 g/mol. The van der Waals surface area contributed by atoms with Crippen molar-refractivity contribution in [3.8, 4) is 0 Å². The first-order chi connectivity index (χ1) is 9.19. The second-order valence-corrected chi connectivity index (χ2v) is 4.62. The van der Waals surface area contributed by atoms with Crippen LogP contribution < -0.4 is 5.73 Å². The number of benzene rings is 1. The Balaban J connectivity index is 2.99. The highest BCUT2D eigenvalue weighted by molar-refractivity contribution is 5.82. The van der Waals surface area contributed by atoms with E-state index in [1.807, 2.05) is 0 Å². The summed E-state index contributed by atoms with van der Waals surface area (Å²) < 4.78 is 41.7. The summed E-state index contributed by atoms with van der Waals surface area (Å²) in [6.45, 7) is -1.46. The Morgan fingerprint density at radius 2 is 1.80 bits per heavy atom. The third-order valence-electron chi connectivity index (χ3n) is 2.81. The van der Waals surface area contributed by atoms with Gasteiger partial charge in [-0.2, -0.15) is 13.2 Å². The van der Waals surface area contributed by atoms with Crippen LogP contribution in [0.1, 0.15) is 5.56 Å². The van der Waals surface area contributed by atoms with Crippen LogP contribution in [0.2, 0.25) is 0 Å². The molecule has 4 nitrogen and oxygen atoms in total. The van der Waals surface area contributed by atoms with Crippen LogP contribution in [-0.4, -0.2) is 44.3 Å². The first kappa shape index (κ1) is 16.5. The molecule has 0 aliphatic carbocycles. The molecule has 0 aliphatic rings. The molecule has 0 radical (unpaired) electrons. The van der Waals surface area contributed by atoms with Crippen molar-refractivity contribution in [3.63, 3.8) is 0 Å². The second-order valence-electron chi connectivity index (χ2n) is 4.62. The lowest BCUT2D eigenvalue weighted by atomic mass is 9.90. The van der Waals surface area contributed by atoms with Gasteiger partial charge in [-0.15, -0.1) is 0 Å². The minimum absolute atomic E-state index is 0.302. The van der Waals surface area contributed by atoms with Crippen molar-refractivity contribution in [2.45, 2.75) is 11.7 Å². The van der Waals surface area contributed by atoms with E-state index in [2.05, 4.69) is 4.74 Å². The SMILES string of the molecule is COC(=O)C(N)(CN(C)CC(F)(F)F)c1ccccc1. The summed E-state index contributed by atoms with van der Waals surface area (Å²) in [7, 11) is 2.40. The molecule has 0 bridgehead atoms. The van der Waals surface area contributed by atoms with Crippen LogP contribution in [0, 0.1) is 0 Å². The number of ether oxygens (including phenoxy) is 1. The van der Waals surface area contributed by atoms with Gasteiger partial charge < -0.3 is 10.5 Å². The number of methoxy groups -OCH3 is 1. The van der Waals surface area contributed by atoms with Crippen molar-refractivity contribution in [2.24, 2.45) is 5.73 Å². The quantitative estimate of drug-likeness (QED) is 0.835. The molecule has 0 fully saturated rings. The normalized spacial score (nSPS) is 14.9. The zero-order valence-electron chi connectivity index (χ0n) is 11.3. The molecule has 1 aromatic carbocycles. The van der Waals surface area contributed by atoms with Gasteiger partial charge in [-0.25, -0.2) is 4.79 Å². The summed E-state index contributed by atoms with van der Waals surface area (Å²) in [5, 5.41) is 0. The number of halogens is 3. The number of nitrogens with two attached hydrogens (primary N) is 1. The number of nitrogens with zero attached hydrogens (tertiary/aromatic N) is 1. The van der Waals surface area contributed by atoms with Crippen LogP contribution in [0.3, 0.4) is 0 Å². The lowest BCUT2D eigenvalue weighted by molar-refractivity contribution is -0.155. The number of hydrogen-bond acceptors (Lipinski definition) is 4. The fourth-order valence-corrected chi connectivity index (χ4v) is 1.98. The number of likely N-dealkylation sites (N-methyl/N-ethyl adjacent to an activating group) is 1. The van der Waals surface area contributed by atoms with Crippen molar-refractivity contribution in [1.29, 1.82) is 0 Å². The van der Waals surface area contributed by atoms with Crippen LogP contribution in [0.25, 0.3) is 0 Å². The predicted octanol–water partition coefficient (Wildman–Crippen LogP) is 1.51. The number of hydrogen-bond donors (Lipinski definition) is 1. The smallest absolute Gasteiger partial charge is 0.401 e. The van der Waals surface area contributed by atoms with Gasteiger partial charge in [-0.05, 0) is 12.6 Å². The molecule has 0 heterocycles. The Labute approximate surface area is 115 Å². The standard InChI is InChI=1S/C13H17F3N2O2/c1-18(9-13(14,15)16)8-12(17,11(19)20-2)10-6-4-3-5-7-10/h3-7H,8-9,17H2,1-2H3. The third-order valence-corrected chi connectivity index (χ3v) is 2.81. The fraction of sp³-hybridized carbons (Fsp3) is 0.462. The van der Waals surface area contributed by atoms with Crippen molar-refractivity contribution in [3.05, 3.63) is 35.9 Å². The highest BCUT2D eigenvalue weighted by Gasteiger charge is 2.40. The molecule has 0 amide bonds. The molecule has 1 rings (SSSR count). The van der Waals surface area contributed by atoms with Crippen LogP contribution in [0.15, 0.2) is 30.3 Å². The molecule has 0 aliphatic heterocycles. The maximum atomic E-state index is 12.4. The zero-order valence-corrected chi connectivity index (χ0v) is 11.3. The first-order valence-electron chi connectivity index (χ1n) is 5.87. The Bertz CT molecular complexity index is 451. The molecule has 1 aromatic rings. The highest BCUT2D eigenvalue weighted by Crippen LogP contribution is 2.23. The maximum absolute atomic E-state index is 12.4. The minimum atomic E-state index is -4.36. The molecule has 20 heavy (non-hydrogen) atoms. The summed E-state index contributed by atoms with van der Waals surface area (Å²) in [5.74, 6) is -0.780. The average Bonchev–Trinajstić information content (AvgIpc) is 2.36. The molecule has 0 spiro atoms. The Kier molecular flexibility index (Phi) is 5.13. The molecule has 1 unspecified atom stereocenters. The highest BCUT2D eigenvalue weighted by atomic mass is 19.4. The zero-order chi connectivity index (χ0) is 15.4. The summed E-state index contributed by atoms with van der Waals surface area (Å²) >= 11 is 0. The van der Waals surface area contributed by atoms with Gasteiger partial charge in [-0.1, -0.05) is 30.3 Å². The number of rotatable bonds is 5. The molecule has 112 valence electrons. The van der Waals surface area contributed by atoms with Crippen LogP contribution in [-0.2, 0) is 15.1 Å². The topological polar surface area (TPSA) is 55.6 Å². The third kappa shape index (κ3) is 4.21. The van der Waals surface area contributed by atoms with E-state index < -0.39 is 24.2 Å². The number of esters is 1. The second kappa shape index (κ2) is 6.23. The number of carbonyl (C=O) groups is 1. The molecule has 0 saturated heterocycles. The van der Waals surface area contributed by atoms with Gasteiger partial charge in [0.1, 0.15) is 0 Å². The van der Waals surface area contributed by atoms with Gasteiger partial charge in [0.05, 0.1) is 13.7 Å². The van der Waals surface area contributed by atoms with E-state index in [0.29, 0.717) is 5.56 Å². The van der Waals surface area contributed by atoms with Crippen LogP contribution >= 0.6 is 0 Å². The van der Waals surface area contributed by atoms with Crippen molar-refractivity contribution < 1.29 is 22.7 Å². The lowest BCUT2D eigenvalue weighted by Crippen LogP contribution is -2.54. The van der Waals surface area contributed by atoms with Gasteiger partial charge in [0.2, 0.25) is 0 Å². The summed E-state index contributed by atoms with van der Waals surface area (Å²) in [4.78, 5) is 12.8. The largest absolute Gasteiger partial charge is 0.467 e. The maximum Gasteiger partial charge on any atom is 0.401 e. The van der Waals surface area contributed by atoms with Gasteiger partial charge in [-0.3, -0.25) is 4.90 Å². The van der Waals surface area contributed by atoms with Gasteiger partial charge in [0.15, 0.2) is 5.54 Å². The molecule has 2 N–H and O–H groups in total. The van der Waals surface area contributed by atoms with Crippen molar-refractivity contribution in [2.75, 3.05) is 27.2 Å². The number of alkyl halides is 3. The molecule has 0 saturated carbocycles. The molecule has 0 aromatic heterocycles. The predicted molar refractivity (Wildman–Crippen MR) is 67.9 cm³/mol. The Morgan fingerprint density at radius 3 is 2.25 bits per heavy atom. The van der Waals surface area contributed by atoms with Crippen LogP contribution in [0.5, 0.6) is 0 Å². The van der Waals surface area contributed by atoms with Crippen molar-refractivity contribution in [1.82, 2.24) is 4.90 Å². The van der Waals surface area contributed by atoms with E-state index in [0.717, 1.165) is 12.0 Å². The van der Waals surface area contributed by atoms with Crippen LogP contribution in [0.4, 0.5) is 13.2 Å². The Morgan fingerprint density at radius 1 is 1.25 bits per heavy atom. The lowest BCUT2D eigenvalue weighted by Gasteiger charge is -2.31. The molecular formula is C13H17F3N2O2. The molecule has 1 atom stereocenters. The van der Waals surface area contributed by atoms with Gasteiger partial charge in [0.25, 0.3) is 0 Å². The van der Waals surface area contributed by atoms with E-state index in [1.54, 1.807) is 30.3 Å². The monoisotopic (exact) mass is 290 g/mol. The minimum Gasteiger partial charge on any atom is -0.467 e. The molecular weight excluding hydrogens is 273 g/mol. The van der Waals surface area contributed by atoms with Gasteiger partial charge >= 0.3 is 12.1 Å². The fourth-order valence-electron chi connectivity index (χ4n) is 1.98. The van der Waals surface area contributed by atoms with E-state index in [4.69, 9.17) is 5.73 Å². The van der Waals surface area contributed by atoms with E-state index in [1.165, 1.54) is 7.05 Å². The summed E-state index contributed by atoms with van der Waals surface area (Å²) in [6, 6.07) is 8.20. The van der Waals surface area contributed by atoms with Crippen molar-refractivity contribution >= 4 is 5.97 Å². The van der Waals surface area contributed by atoms with E-state index in [-0.39, 0.29) is 6.54 Å². The first-order valence-corrected chi connectivity index (χ1v) is 5.87. The Hall–Kier alpha value is -1.60. The number of carbonyl (C=O) groups excluding carboxylic acids is 1. The summed E-state index contributed by atoms with van der Waals surface area (Å²) in [6.07, 6.45) is -4.36. The van der Waals surface area contributed by atoms with Gasteiger partial charge in [0, 0.05) is 6.54 Å². The molecule has 7 heteroatoms.